The lowest BCUT2D eigenvalue weighted by Gasteiger charge is -2.34. The van der Waals surface area contributed by atoms with E-state index >= 15 is 0 Å². The summed E-state index contributed by atoms with van der Waals surface area (Å²) in [7, 11) is 0. The number of primary amides is 1. The number of ether oxygens (including phenoxy) is 2. The van der Waals surface area contributed by atoms with Crippen molar-refractivity contribution in [3.63, 3.8) is 0 Å². The summed E-state index contributed by atoms with van der Waals surface area (Å²) in [6.07, 6.45) is 7.98. The Morgan fingerprint density at radius 3 is 2.42 bits per heavy atom. The van der Waals surface area contributed by atoms with E-state index in [1.807, 2.05) is 12.1 Å². The predicted molar refractivity (Wildman–Crippen MR) is 154 cm³/mol. The van der Waals surface area contributed by atoms with Crippen LogP contribution < -0.4 is 15.4 Å². The average Bonchev–Trinajstić information content (AvgIpc) is 2.98. The fraction of sp³-hybridized carbons (Fsp3) is 0.375. The van der Waals surface area contributed by atoms with Crippen LogP contribution in [0.4, 0.5) is 5.69 Å². The Morgan fingerprint density at radius 1 is 0.975 bits per heavy atom. The molecular weight excluding hydrogens is 506 g/mol. The summed E-state index contributed by atoms with van der Waals surface area (Å²) in [5.41, 5.74) is 9.18. The quantitative estimate of drug-likeness (QED) is 0.247. The highest BCUT2D eigenvalue weighted by Gasteiger charge is 2.33. The summed E-state index contributed by atoms with van der Waals surface area (Å²) < 4.78 is 10.9. The number of para-hydroxylation sites is 1. The van der Waals surface area contributed by atoms with Crippen molar-refractivity contribution in [2.24, 2.45) is 5.73 Å². The van der Waals surface area contributed by atoms with Gasteiger partial charge >= 0.3 is 11.9 Å². The van der Waals surface area contributed by atoms with Crippen LogP contribution in [0, 0.1) is 0 Å². The number of rotatable bonds is 11. The van der Waals surface area contributed by atoms with Crippen LogP contribution in [-0.2, 0) is 9.53 Å². The highest BCUT2D eigenvalue weighted by atomic mass is 16.5. The molecule has 2 atom stereocenters. The van der Waals surface area contributed by atoms with Crippen LogP contribution >= 0.6 is 0 Å². The monoisotopic (exact) mass is 543 g/mol. The van der Waals surface area contributed by atoms with E-state index in [4.69, 9.17) is 15.2 Å². The summed E-state index contributed by atoms with van der Waals surface area (Å²) in [4.78, 5) is 45.2. The highest BCUT2D eigenvalue weighted by molar-refractivity contribution is 5.96. The first-order chi connectivity index (χ1) is 19.4. The lowest BCUT2D eigenvalue weighted by Crippen LogP contribution is -2.32. The second kappa shape index (κ2) is 13.7. The van der Waals surface area contributed by atoms with E-state index in [0.717, 1.165) is 50.0 Å². The Kier molecular flexibility index (Phi) is 9.89. The first-order valence-electron chi connectivity index (χ1n) is 14.0. The second-order valence-electron chi connectivity index (χ2n) is 9.99. The van der Waals surface area contributed by atoms with Gasteiger partial charge in [-0.2, -0.15) is 0 Å². The third-order valence-corrected chi connectivity index (χ3v) is 7.30. The Balaban J connectivity index is 1.78. The van der Waals surface area contributed by atoms with E-state index in [1.165, 1.54) is 18.7 Å². The molecule has 1 amide bonds. The van der Waals surface area contributed by atoms with E-state index < -0.39 is 23.8 Å². The van der Waals surface area contributed by atoms with E-state index in [0.29, 0.717) is 5.56 Å². The Hall–Kier alpha value is -4.20. The van der Waals surface area contributed by atoms with Crippen molar-refractivity contribution in [1.29, 1.82) is 0 Å². The first kappa shape index (κ1) is 28.8. The molecule has 2 aromatic carbocycles. The van der Waals surface area contributed by atoms with Crippen LogP contribution in [0.1, 0.15) is 89.6 Å². The smallest absolute Gasteiger partial charge is 0.345 e. The minimum absolute atomic E-state index is 0.00983. The molecule has 40 heavy (non-hydrogen) atoms. The molecule has 8 heteroatoms. The Labute approximate surface area is 235 Å². The number of amides is 1. The van der Waals surface area contributed by atoms with E-state index in [-0.39, 0.29) is 29.4 Å². The van der Waals surface area contributed by atoms with Crippen molar-refractivity contribution >= 4 is 23.5 Å². The van der Waals surface area contributed by atoms with Crippen LogP contribution in [-0.4, -0.2) is 42.5 Å². The largest absolute Gasteiger partial charge is 0.462 e. The minimum Gasteiger partial charge on any atom is -0.462 e. The van der Waals surface area contributed by atoms with Crippen LogP contribution in [0.5, 0.6) is 5.75 Å². The number of nitrogens with zero attached hydrogens (tertiary/aromatic N) is 2. The second-order valence-corrected chi connectivity index (χ2v) is 9.99. The minimum atomic E-state index is -0.710. The zero-order valence-corrected chi connectivity index (χ0v) is 23.2. The maximum Gasteiger partial charge on any atom is 0.345 e. The Bertz CT molecular complexity index is 1320. The van der Waals surface area contributed by atoms with Crippen molar-refractivity contribution in [3.8, 4) is 5.75 Å². The molecule has 2 N–H and O–H groups in total. The highest BCUT2D eigenvalue weighted by Crippen LogP contribution is 2.42. The number of piperidine rings is 1. The van der Waals surface area contributed by atoms with Crippen molar-refractivity contribution in [1.82, 2.24) is 4.98 Å². The van der Waals surface area contributed by atoms with Gasteiger partial charge in [0.2, 0.25) is 5.91 Å². The summed E-state index contributed by atoms with van der Waals surface area (Å²) in [6, 6.07) is 16.2. The number of pyridine rings is 1. The van der Waals surface area contributed by atoms with Gasteiger partial charge in [0.1, 0.15) is 11.3 Å². The third-order valence-electron chi connectivity index (χ3n) is 7.30. The molecule has 0 radical (unpaired) electrons. The van der Waals surface area contributed by atoms with Crippen molar-refractivity contribution in [3.05, 3.63) is 89.2 Å². The van der Waals surface area contributed by atoms with Gasteiger partial charge in [-0.15, -0.1) is 0 Å². The molecule has 1 fully saturated rings. The molecular formula is C32H37N3O5. The molecule has 2 unspecified atom stereocenters. The fourth-order valence-electron chi connectivity index (χ4n) is 5.47. The van der Waals surface area contributed by atoms with Gasteiger partial charge in [-0.3, -0.25) is 9.78 Å². The molecule has 3 aromatic rings. The lowest BCUT2D eigenvalue weighted by molar-refractivity contribution is -0.120. The number of carbonyl (C=O) groups excluding carboxylic acids is 3. The number of benzene rings is 2. The van der Waals surface area contributed by atoms with Crippen LogP contribution in [0.3, 0.4) is 0 Å². The van der Waals surface area contributed by atoms with Gasteiger partial charge in [-0.05, 0) is 74.1 Å². The molecule has 1 aromatic heterocycles. The zero-order valence-electron chi connectivity index (χ0n) is 23.2. The summed E-state index contributed by atoms with van der Waals surface area (Å²) in [5, 5.41) is 0. The van der Waals surface area contributed by atoms with E-state index in [1.54, 1.807) is 37.4 Å². The Morgan fingerprint density at radius 2 is 1.75 bits per heavy atom. The lowest BCUT2D eigenvalue weighted by atomic mass is 9.77. The number of aromatic nitrogens is 1. The van der Waals surface area contributed by atoms with Gasteiger partial charge < -0.3 is 20.1 Å². The van der Waals surface area contributed by atoms with Crippen molar-refractivity contribution in [2.45, 2.75) is 57.8 Å². The summed E-state index contributed by atoms with van der Waals surface area (Å²) in [5.74, 6) is -2.70. The number of anilines is 1. The van der Waals surface area contributed by atoms with Gasteiger partial charge in [0.15, 0.2) is 0 Å². The van der Waals surface area contributed by atoms with E-state index in [2.05, 4.69) is 28.9 Å². The SMILES string of the molecule is CCCC(c1ccccc1N1CCCCC1)C(C(N)=O)c1ccc(C(=O)OCC)c(OC(=O)c2cccnc2)c1. The first-order valence-corrected chi connectivity index (χ1v) is 14.0. The zero-order chi connectivity index (χ0) is 28.5. The van der Waals surface area contributed by atoms with Gasteiger partial charge in [0.25, 0.3) is 0 Å². The molecule has 0 spiro atoms. The van der Waals surface area contributed by atoms with Gasteiger partial charge in [-0.25, -0.2) is 9.59 Å². The van der Waals surface area contributed by atoms with E-state index in [9.17, 15) is 14.4 Å². The maximum absolute atomic E-state index is 13.2. The number of hydrogen-bond acceptors (Lipinski definition) is 7. The standard InChI is InChI=1S/C32H37N3O5/c1-3-11-25(24-13-6-7-14-27(24)35-18-8-5-9-19-35)29(30(33)36)22-15-16-26(32(38)39-4-2)28(20-22)40-31(37)23-12-10-17-34-21-23/h6-7,10,12-17,20-21,25,29H,3-5,8-9,11,18-19H2,1-2H3,(H2,33,36). The average molecular weight is 544 g/mol. The van der Waals surface area contributed by atoms with Crippen LogP contribution in [0.25, 0.3) is 0 Å². The van der Waals surface area contributed by atoms with Crippen molar-refractivity contribution in [2.75, 3.05) is 24.6 Å². The maximum atomic E-state index is 13.2. The van der Waals surface area contributed by atoms with Gasteiger partial charge in [0, 0.05) is 37.1 Å². The van der Waals surface area contributed by atoms with Crippen LogP contribution in [0.2, 0.25) is 0 Å². The normalized spacial score (nSPS) is 14.7. The molecule has 1 aliphatic rings. The summed E-state index contributed by atoms with van der Waals surface area (Å²) >= 11 is 0. The molecule has 8 nitrogen and oxygen atoms in total. The topological polar surface area (TPSA) is 112 Å². The van der Waals surface area contributed by atoms with Gasteiger partial charge in [0.05, 0.1) is 18.1 Å². The number of esters is 2. The number of carbonyl (C=O) groups is 3. The molecule has 0 bridgehead atoms. The number of hydrogen-bond donors (Lipinski definition) is 1. The summed E-state index contributed by atoms with van der Waals surface area (Å²) in [6.45, 7) is 5.89. The molecule has 4 rings (SSSR count). The molecule has 2 heterocycles. The molecule has 0 aliphatic carbocycles. The molecule has 210 valence electrons. The van der Waals surface area contributed by atoms with Crippen LogP contribution in [0.15, 0.2) is 67.0 Å². The molecule has 1 saturated heterocycles. The predicted octanol–water partition coefficient (Wildman–Crippen LogP) is 5.62. The van der Waals surface area contributed by atoms with Crippen molar-refractivity contribution < 1.29 is 23.9 Å². The molecule has 0 saturated carbocycles. The number of nitrogens with two attached hydrogens (primary N) is 1. The third kappa shape index (κ3) is 6.68. The fourth-order valence-corrected chi connectivity index (χ4v) is 5.47. The van der Waals surface area contributed by atoms with Gasteiger partial charge in [-0.1, -0.05) is 37.6 Å². The molecule has 1 aliphatic heterocycles.